The number of hydrogen-bond donors (Lipinski definition) is 2. The minimum atomic E-state index is -0.188. The highest BCUT2D eigenvalue weighted by Crippen LogP contribution is 2.16. The molecule has 2 heterocycles. The van der Waals surface area contributed by atoms with Gasteiger partial charge in [-0.2, -0.15) is 0 Å². The lowest BCUT2D eigenvalue weighted by molar-refractivity contribution is 0.0958. The summed E-state index contributed by atoms with van der Waals surface area (Å²) in [5, 5.41) is 5.84. The Kier molecular flexibility index (Phi) is 4.74. The minimum Gasteiger partial charge on any atom is -0.370 e. The summed E-state index contributed by atoms with van der Waals surface area (Å²) in [6.07, 6.45) is 0.786. The van der Waals surface area contributed by atoms with Gasteiger partial charge in [-0.3, -0.25) is 4.79 Å². The number of rotatable bonds is 6. The van der Waals surface area contributed by atoms with Crippen LogP contribution < -0.4 is 10.6 Å². The number of carbonyl (C=O) groups excluding carboxylic acids is 1. The first kappa shape index (κ1) is 16.0. The summed E-state index contributed by atoms with van der Waals surface area (Å²) in [6.45, 7) is 3.72. The third-order valence-corrected chi connectivity index (χ3v) is 3.91. The van der Waals surface area contributed by atoms with Gasteiger partial charge in [0.15, 0.2) is 0 Å². The summed E-state index contributed by atoms with van der Waals surface area (Å²) in [5.74, 6) is 1.55. The van der Waals surface area contributed by atoms with E-state index in [-0.39, 0.29) is 5.91 Å². The Bertz CT molecular complexity index is 855. The van der Waals surface area contributed by atoms with Crippen LogP contribution in [0.1, 0.15) is 23.2 Å². The van der Waals surface area contributed by atoms with Crippen molar-refractivity contribution in [3.63, 3.8) is 0 Å². The second kappa shape index (κ2) is 7.12. The maximum absolute atomic E-state index is 11.6. The smallest absolute Gasteiger partial charge is 0.269 e. The molecule has 0 spiro atoms. The van der Waals surface area contributed by atoms with Crippen molar-refractivity contribution in [2.45, 2.75) is 19.9 Å². The Labute approximate surface area is 140 Å². The summed E-state index contributed by atoms with van der Waals surface area (Å²) in [4.78, 5) is 20.7. The van der Waals surface area contributed by atoms with Crippen LogP contribution in [0.2, 0.25) is 0 Å². The summed E-state index contributed by atoms with van der Waals surface area (Å²) in [6, 6.07) is 13.5. The fraction of sp³-hybridized carbons (Fsp3) is 0.278. The van der Waals surface area contributed by atoms with E-state index in [1.807, 2.05) is 30.3 Å². The number of para-hydroxylation sites is 2. The first-order valence-corrected chi connectivity index (χ1v) is 8.10. The molecular weight excluding hydrogens is 302 g/mol. The lowest BCUT2D eigenvalue weighted by atomic mass is 10.3. The molecule has 1 aromatic carbocycles. The molecule has 0 aliphatic carbocycles. The third-order valence-electron chi connectivity index (χ3n) is 3.91. The van der Waals surface area contributed by atoms with E-state index in [2.05, 4.69) is 33.2 Å². The summed E-state index contributed by atoms with van der Waals surface area (Å²) in [5.41, 5.74) is 2.59. The van der Waals surface area contributed by atoms with Crippen LogP contribution in [0.5, 0.6) is 0 Å². The number of amides is 1. The van der Waals surface area contributed by atoms with Crippen molar-refractivity contribution in [1.29, 1.82) is 0 Å². The van der Waals surface area contributed by atoms with E-state index in [1.54, 1.807) is 13.1 Å². The van der Waals surface area contributed by atoms with E-state index >= 15 is 0 Å². The molecule has 6 heteroatoms. The van der Waals surface area contributed by atoms with Crippen LogP contribution in [0.3, 0.4) is 0 Å². The molecule has 6 nitrogen and oxygen atoms in total. The van der Waals surface area contributed by atoms with Gasteiger partial charge in [0.25, 0.3) is 5.91 Å². The van der Waals surface area contributed by atoms with Crippen LogP contribution in [0.4, 0.5) is 5.82 Å². The van der Waals surface area contributed by atoms with Crippen molar-refractivity contribution < 1.29 is 4.79 Å². The number of aromatic nitrogens is 3. The number of nitrogens with zero attached hydrogens (tertiary/aromatic N) is 3. The largest absolute Gasteiger partial charge is 0.370 e. The minimum absolute atomic E-state index is 0.188. The first-order valence-electron chi connectivity index (χ1n) is 8.10. The van der Waals surface area contributed by atoms with Gasteiger partial charge in [0.2, 0.25) is 0 Å². The fourth-order valence-electron chi connectivity index (χ4n) is 2.76. The number of nitrogens with one attached hydrogen (secondary N) is 2. The fourth-order valence-corrected chi connectivity index (χ4v) is 2.76. The van der Waals surface area contributed by atoms with Gasteiger partial charge in [-0.25, -0.2) is 9.97 Å². The monoisotopic (exact) mass is 323 g/mol. The maximum atomic E-state index is 11.6. The molecule has 0 saturated heterocycles. The Morgan fingerprint density at radius 3 is 2.75 bits per heavy atom. The van der Waals surface area contributed by atoms with Crippen LogP contribution in [-0.4, -0.2) is 34.0 Å². The highest BCUT2D eigenvalue weighted by Gasteiger charge is 2.09. The Morgan fingerprint density at radius 1 is 1.12 bits per heavy atom. The number of anilines is 1. The quantitative estimate of drug-likeness (QED) is 0.731. The van der Waals surface area contributed by atoms with Gasteiger partial charge >= 0.3 is 0 Å². The van der Waals surface area contributed by atoms with Crippen LogP contribution in [0, 0.1) is 0 Å². The van der Waals surface area contributed by atoms with E-state index in [9.17, 15) is 4.79 Å². The number of aryl methyl sites for hydroxylation is 1. The van der Waals surface area contributed by atoms with Gasteiger partial charge in [0, 0.05) is 26.6 Å². The van der Waals surface area contributed by atoms with Gasteiger partial charge in [0.1, 0.15) is 17.3 Å². The molecule has 3 aromatic rings. The van der Waals surface area contributed by atoms with Crippen LogP contribution >= 0.6 is 0 Å². The molecule has 0 bridgehead atoms. The molecule has 0 fully saturated rings. The average molecular weight is 323 g/mol. The molecule has 0 atom stereocenters. The van der Waals surface area contributed by atoms with Crippen LogP contribution in [0.25, 0.3) is 11.0 Å². The second-order valence-corrected chi connectivity index (χ2v) is 5.42. The van der Waals surface area contributed by atoms with E-state index in [4.69, 9.17) is 4.98 Å². The zero-order valence-electron chi connectivity index (χ0n) is 13.9. The first-order chi connectivity index (χ1) is 11.7. The van der Waals surface area contributed by atoms with Gasteiger partial charge in [-0.1, -0.05) is 18.2 Å². The molecular formula is C18H21N5O. The number of imidazole rings is 1. The molecule has 0 aliphatic rings. The van der Waals surface area contributed by atoms with E-state index < -0.39 is 0 Å². The average Bonchev–Trinajstić information content (AvgIpc) is 2.98. The topological polar surface area (TPSA) is 71.8 Å². The number of hydrogen-bond acceptors (Lipinski definition) is 4. The zero-order chi connectivity index (χ0) is 16.9. The van der Waals surface area contributed by atoms with Crippen molar-refractivity contribution in [2.24, 2.45) is 0 Å². The molecule has 0 aliphatic heterocycles. The number of pyridine rings is 1. The molecule has 2 N–H and O–H groups in total. The van der Waals surface area contributed by atoms with Crippen LogP contribution in [0.15, 0.2) is 42.5 Å². The van der Waals surface area contributed by atoms with Gasteiger partial charge in [0.05, 0.1) is 11.0 Å². The Morgan fingerprint density at radius 2 is 1.96 bits per heavy atom. The highest BCUT2D eigenvalue weighted by atomic mass is 16.1. The van der Waals surface area contributed by atoms with Gasteiger partial charge in [-0.05, 0) is 31.2 Å². The number of benzene rings is 1. The summed E-state index contributed by atoms with van der Waals surface area (Å²) >= 11 is 0. The van der Waals surface area contributed by atoms with E-state index in [0.29, 0.717) is 18.1 Å². The molecule has 3 rings (SSSR count). The molecule has 124 valence electrons. The van der Waals surface area contributed by atoms with Crippen molar-refractivity contribution in [1.82, 2.24) is 19.9 Å². The zero-order valence-corrected chi connectivity index (χ0v) is 13.9. The van der Waals surface area contributed by atoms with E-state index in [0.717, 1.165) is 29.8 Å². The van der Waals surface area contributed by atoms with E-state index in [1.165, 1.54) is 0 Å². The lowest BCUT2D eigenvalue weighted by Gasteiger charge is -2.08. The van der Waals surface area contributed by atoms with Crippen LogP contribution in [-0.2, 0) is 13.0 Å². The standard InChI is InChI=1S/C18H21N5O/c1-3-23-15-9-5-4-7-13(15)22-17(23)11-12-20-16-10-6-8-14(21-16)18(24)19-2/h4-10H,3,11-12H2,1-2H3,(H,19,24)(H,20,21). The molecule has 0 saturated carbocycles. The summed E-state index contributed by atoms with van der Waals surface area (Å²) < 4.78 is 2.23. The van der Waals surface area contributed by atoms with Gasteiger partial charge < -0.3 is 15.2 Å². The van der Waals surface area contributed by atoms with Crippen molar-refractivity contribution in [3.8, 4) is 0 Å². The molecule has 0 radical (unpaired) electrons. The molecule has 1 amide bonds. The normalized spacial score (nSPS) is 10.8. The lowest BCUT2D eigenvalue weighted by Crippen LogP contribution is -2.20. The van der Waals surface area contributed by atoms with Crippen molar-refractivity contribution in [3.05, 3.63) is 54.0 Å². The predicted molar refractivity (Wildman–Crippen MR) is 95.2 cm³/mol. The van der Waals surface area contributed by atoms with Gasteiger partial charge in [-0.15, -0.1) is 0 Å². The third kappa shape index (κ3) is 3.22. The number of fused-ring (bicyclic) bond motifs is 1. The number of carbonyl (C=O) groups is 1. The SMILES string of the molecule is CCn1c(CCNc2cccc(C(=O)NC)n2)nc2ccccc21. The molecule has 2 aromatic heterocycles. The maximum Gasteiger partial charge on any atom is 0.269 e. The second-order valence-electron chi connectivity index (χ2n) is 5.42. The molecule has 0 unspecified atom stereocenters. The Balaban J connectivity index is 1.70. The Hall–Kier alpha value is -2.89. The van der Waals surface area contributed by atoms with Crippen molar-refractivity contribution in [2.75, 3.05) is 18.9 Å². The molecule has 24 heavy (non-hydrogen) atoms. The predicted octanol–water partition coefficient (Wildman–Crippen LogP) is 2.47. The summed E-state index contributed by atoms with van der Waals surface area (Å²) in [7, 11) is 1.60. The van der Waals surface area contributed by atoms with Crippen molar-refractivity contribution >= 4 is 22.8 Å². The highest BCUT2D eigenvalue weighted by molar-refractivity contribution is 5.92.